The zero-order chi connectivity index (χ0) is 18.6. The number of fused-ring (bicyclic) bond motifs is 1. The van der Waals surface area contributed by atoms with Crippen LogP contribution in [0.25, 0.3) is 0 Å². The molecule has 2 aliphatic heterocycles. The van der Waals surface area contributed by atoms with Gasteiger partial charge in [-0.1, -0.05) is 18.2 Å². The maximum Gasteiger partial charge on any atom is 0.248 e. The van der Waals surface area contributed by atoms with Crippen LogP contribution in [0.15, 0.2) is 36.7 Å². The Bertz CT molecular complexity index is 782. The van der Waals surface area contributed by atoms with Crippen LogP contribution in [0.4, 0.5) is 5.69 Å². The minimum absolute atomic E-state index is 0.0879. The molecule has 0 aliphatic carbocycles. The second kappa shape index (κ2) is 8.23. The van der Waals surface area contributed by atoms with Gasteiger partial charge in [-0.25, -0.2) is 0 Å². The van der Waals surface area contributed by atoms with Crippen molar-refractivity contribution < 1.29 is 14.3 Å². The normalized spacial score (nSPS) is 22.0. The number of anilines is 1. The Morgan fingerprint density at radius 3 is 3.04 bits per heavy atom. The lowest BCUT2D eigenvalue weighted by molar-refractivity contribution is -0.119. The summed E-state index contributed by atoms with van der Waals surface area (Å²) in [5.41, 5.74) is 3.45. The zero-order valence-electron chi connectivity index (χ0n) is 15.8. The Morgan fingerprint density at radius 1 is 1.33 bits per heavy atom. The largest absolute Gasteiger partial charge is 0.385 e. The number of hydrogen-bond donors (Lipinski definition) is 0. The lowest BCUT2D eigenvalue weighted by Gasteiger charge is -2.34. The number of rotatable bonds is 6. The van der Waals surface area contributed by atoms with Crippen LogP contribution in [0.3, 0.4) is 0 Å². The first-order valence-corrected chi connectivity index (χ1v) is 9.74. The Kier molecular flexibility index (Phi) is 5.55. The monoisotopic (exact) mass is 369 g/mol. The lowest BCUT2D eigenvalue weighted by Crippen LogP contribution is -2.39. The molecule has 2 aliphatic rings. The molecule has 0 N–H and O–H groups in total. The van der Waals surface area contributed by atoms with Gasteiger partial charge in [-0.05, 0) is 42.4 Å². The molecule has 0 saturated carbocycles. The van der Waals surface area contributed by atoms with Gasteiger partial charge >= 0.3 is 0 Å². The fourth-order valence-electron chi connectivity index (χ4n) is 4.16. The fraction of sp³-hybridized carbons (Fsp3) is 0.524. The maximum absolute atomic E-state index is 13.0. The van der Waals surface area contributed by atoms with Crippen molar-refractivity contribution in [1.82, 2.24) is 9.78 Å². The second-order valence-corrected chi connectivity index (χ2v) is 7.40. The third kappa shape index (κ3) is 3.92. The van der Waals surface area contributed by atoms with Crippen molar-refractivity contribution in [2.75, 3.05) is 38.4 Å². The molecule has 0 radical (unpaired) electrons. The van der Waals surface area contributed by atoms with E-state index in [1.807, 2.05) is 23.4 Å². The van der Waals surface area contributed by atoms with Crippen molar-refractivity contribution in [2.45, 2.75) is 37.6 Å². The predicted octanol–water partition coefficient (Wildman–Crippen LogP) is 2.94. The molecule has 3 heterocycles. The SMILES string of the molecule is COCCC1CCN(C(=O)Cn2cc(C3CCOC3)cn2)c2ccccc21. The number of carbonyl (C=O) groups excluding carboxylic acids is 1. The Morgan fingerprint density at radius 2 is 2.22 bits per heavy atom. The number of carbonyl (C=O) groups is 1. The number of hydrogen-bond acceptors (Lipinski definition) is 4. The molecule has 1 saturated heterocycles. The summed E-state index contributed by atoms with van der Waals surface area (Å²) in [5, 5.41) is 4.40. The standard InChI is InChI=1S/C21H27N3O3/c1-26-10-7-16-6-9-24(20-5-3-2-4-19(16)20)21(25)14-23-13-18(12-22-23)17-8-11-27-15-17/h2-5,12-13,16-17H,6-11,14-15H2,1H3. The topological polar surface area (TPSA) is 56.6 Å². The average molecular weight is 369 g/mol. The molecule has 1 fully saturated rings. The molecule has 1 aromatic carbocycles. The highest BCUT2D eigenvalue weighted by atomic mass is 16.5. The minimum atomic E-state index is 0.0879. The summed E-state index contributed by atoms with van der Waals surface area (Å²) in [6.45, 7) is 3.32. The van der Waals surface area contributed by atoms with Gasteiger partial charge in [0, 0.05) is 44.7 Å². The first-order valence-electron chi connectivity index (χ1n) is 9.74. The number of amides is 1. The molecule has 2 unspecified atom stereocenters. The third-order valence-electron chi connectivity index (χ3n) is 5.69. The molecule has 1 amide bonds. The number of aromatic nitrogens is 2. The molecule has 27 heavy (non-hydrogen) atoms. The molecule has 0 spiro atoms. The molecular formula is C21H27N3O3. The fourth-order valence-corrected chi connectivity index (χ4v) is 4.16. The Balaban J connectivity index is 1.47. The van der Waals surface area contributed by atoms with E-state index in [1.165, 1.54) is 11.1 Å². The van der Waals surface area contributed by atoms with Gasteiger partial charge in [0.1, 0.15) is 6.54 Å². The molecule has 6 nitrogen and oxygen atoms in total. The summed E-state index contributed by atoms with van der Waals surface area (Å²) in [5.74, 6) is 0.944. The van der Waals surface area contributed by atoms with E-state index in [-0.39, 0.29) is 12.5 Å². The highest BCUT2D eigenvalue weighted by Gasteiger charge is 2.28. The minimum Gasteiger partial charge on any atom is -0.385 e. The molecule has 1 aromatic heterocycles. The summed E-state index contributed by atoms with van der Waals surface area (Å²) >= 11 is 0. The Hall–Kier alpha value is -2.18. The highest BCUT2D eigenvalue weighted by Crippen LogP contribution is 2.37. The summed E-state index contributed by atoms with van der Waals surface area (Å²) in [4.78, 5) is 14.9. The smallest absolute Gasteiger partial charge is 0.248 e. The zero-order valence-corrected chi connectivity index (χ0v) is 15.8. The van der Waals surface area contributed by atoms with Gasteiger partial charge in [0.2, 0.25) is 5.91 Å². The van der Waals surface area contributed by atoms with E-state index >= 15 is 0 Å². The average Bonchev–Trinajstić information content (AvgIpc) is 3.37. The summed E-state index contributed by atoms with van der Waals surface area (Å²) in [6.07, 6.45) is 6.85. The second-order valence-electron chi connectivity index (χ2n) is 7.40. The number of benzene rings is 1. The van der Waals surface area contributed by atoms with Gasteiger partial charge in [-0.15, -0.1) is 0 Å². The van der Waals surface area contributed by atoms with Gasteiger partial charge in [-0.2, -0.15) is 5.10 Å². The molecular weight excluding hydrogens is 342 g/mol. The van der Waals surface area contributed by atoms with E-state index in [1.54, 1.807) is 11.8 Å². The molecule has 4 rings (SSSR count). The van der Waals surface area contributed by atoms with Crippen LogP contribution < -0.4 is 4.90 Å². The Labute approximate surface area is 160 Å². The van der Waals surface area contributed by atoms with Crippen LogP contribution in [-0.4, -0.2) is 49.2 Å². The first kappa shape index (κ1) is 18.2. The van der Waals surface area contributed by atoms with Gasteiger partial charge in [-0.3, -0.25) is 9.48 Å². The van der Waals surface area contributed by atoms with E-state index in [0.717, 1.165) is 51.3 Å². The quantitative estimate of drug-likeness (QED) is 0.786. The lowest BCUT2D eigenvalue weighted by atomic mass is 9.87. The van der Waals surface area contributed by atoms with Crippen LogP contribution >= 0.6 is 0 Å². The van der Waals surface area contributed by atoms with Crippen LogP contribution in [0.1, 0.15) is 42.2 Å². The van der Waals surface area contributed by atoms with Crippen molar-refractivity contribution in [3.8, 4) is 0 Å². The maximum atomic E-state index is 13.0. The van der Waals surface area contributed by atoms with E-state index in [2.05, 4.69) is 23.3 Å². The van der Waals surface area contributed by atoms with Crippen molar-refractivity contribution in [1.29, 1.82) is 0 Å². The number of para-hydroxylation sites is 1. The number of ether oxygens (including phenoxy) is 2. The van der Waals surface area contributed by atoms with E-state index in [4.69, 9.17) is 9.47 Å². The summed E-state index contributed by atoms with van der Waals surface area (Å²) in [7, 11) is 1.74. The van der Waals surface area contributed by atoms with Crippen molar-refractivity contribution in [3.05, 3.63) is 47.8 Å². The van der Waals surface area contributed by atoms with Crippen molar-refractivity contribution in [2.24, 2.45) is 0 Å². The molecule has 0 bridgehead atoms. The molecule has 2 aromatic rings. The van der Waals surface area contributed by atoms with Crippen molar-refractivity contribution in [3.63, 3.8) is 0 Å². The highest BCUT2D eigenvalue weighted by molar-refractivity contribution is 5.94. The van der Waals surface area contributed by atoms with Gasteiger partial charge in [0.05, 0.1) is 12.8 Å². The van der Waals surface area contributed by atoms with E-state index < -0.39 is 0 Å². The number of methoxy groups -OCH3 is 1. The van der Waals surface area contributed by atoms with Gasteiger partial charge in [0.15, 0.2) is 0 Å². The molecule has 144 valence electrons. The number of nitrogens with zero attached hydrogens (tertiary/aromatic N) is 3. The third-order valence-corrected chi connectivity index (χ3v) is 5.69. The van der Waals surface area contributed by atoms with E-state index in [9.17, 15) is 4.79 Å². The predicted molar refractivity (Wildman–Crippen MR) is 103 cm³/mol. The molecule has 2 atom stereocenters. The van der Waals surface area contributed by atoms with Crippen LogP contribution in [0.5, 0.6) is 0 Å². The molecule has 6 heteroatoms. The van der Waals surface area contributed by atoms with Crippen molar-refractivity contribution >= 4 is 11.6 Å². The van der Waals surface area contributed by atoms with Gasteiger partial charge in [0.25, 0.3) is 0 Å². The van der Waals surface area contributed by atoms with Gasteiger partial charge < -0.3 is 14.4 Å². The summed E-state index contributed by atoms with van der Waals surface area (Å²) in [6, 6.07) is 8.25. The van der Waals surface area contributed by atoms with Crippen LogP contribution in [-0.2, 0) is 20.8 Å². The van der Waals surface area contributed by atoms with Crippen LogP contribution in [0.2, 0.25) is 0 Å². The summed E-state index contributed by atoms with van der Waals surface area (Å²) < 4.78 is 12.5. The first-order chi connectivity index (χ1) is 13.3. The van der Waals surface area contributed by atoms with Crippen LogP contribution in [0, 0.1) is 0 Å². The van der Waals surface area contributed by atoms with E-state index in [0.29, 0.717) is 11.8 Å².